The van der Waals surface area contributed by atoms with Gasteiger partial charge in [0.2, 0.25) is 0 Å². The normalized spacial score (nSPS) is 10.7. The highest BCUT2D eigenvalue weighted by atomic mass is 28.3. The van der Waals surface area contributed by atoms with Crippen LogP contribution in [-0.4, -0.2) is 8.80 Å². The molecule has 0 aliphatic carbocycles. The Morgan fingerprint density at radius 1 is 0.875 bits per heavy atom. The van der Waals surface area contributed by atoms with E-state index in [0.717, 1.165) is 5.69 Å². The third kappa shape index (κ3) is 2.17. The summed E-state index contributed by atoms with van der Waals surface area (Å²) in [6.07, 6.45) is 0. The molecule has 0 heterocycles. The van der Waals surface area contributed by atoms with Gasteiger partial charge in [0, 0.05) is 5.69 Å². The van der Waals surface area contributed by atoms with E-state index in [9.17, 15) is 0 Å². The van der Waals surface area contributed by atoms with E-state index in [2.05, 4.69) is 49.5 Å². The molecule has 0 spiro atoms. The van der Waals surface area contributed by atoms with Gasteiger partial charge in [-0.1, -0.05) is 54.7 Å². The van der Waals surface area contributed by atoms with Gasteiger partial charge in [-0.3, -0.25) is 0 Å². The SMILES string of the molecule is C[SiH](C)c1ccccc1-c1ccc(N)cc1. The molecule has 1 nitrogen and oxygen atoms in total. The molecule has 0 unspecified atom stereocenters. The van der Waals surface area contributed by atoms with Gasteiger partial charge >= 0.3 is 0 Å². The van der Waals surface area contributed by atoms with Crippen LogP contribution in [0.25, 0.3) is 11.1 Å². The molecule has 2 rings (SSSR count). The van der Waals surface area contributed by atoms with Crippen LogP contribution in [0, 0.1) is 0 Å². The number of hydrogen-bond donors (Lipinski definition) is 1. The molecule has 0 aliphatic rings. The maximum atomic E-state index is 5.71. The molecule has 2 heteroatoms. The van der Waals surface area contributed by atoms with Gasteiger partial charge in [0.1, 0.15) is 0 Å². The van der Waals surface area contributed by atoms with Gasteiger partial charge in [-0.25, -0.2) is 0 Å². The molecule has 0 amide bonds. The largest absolute Gasteiger partial charge is 0.399 e. The van der Waals surface area contributed by atoms with Crippen LogP contribution in [0.2, 0.25) is 13.1 Å². The van der Waals surface area contributed by atoms with E-state index in [-0.39, 0.29) is 0 Å². The van der Waals surface area contributed by atoms with Gasteiger partial charge in [-0.15, -0.1) is 0 Å². The molecule has 0 bridgehead atoms. The Morgan fingerprint density at radius 2 is 1.50 bits per heavy atom. The van der Waals surface area contributed by atoms with Crippen LogP contribution in [-0.2, 0) is 0 Å². The molecule has 0 saturated carbocycles. The van der Waals surface area contributed by atoms with Gasteiger partial charge in [0.15, 0.2) is 0 Å². The highest BCUT2D eigenvalue weighted by molar-refractivity contribution is 6.72. The minimum atomic E-state index is -0.782. The summed E-state index contributed by atoms with van der Waals surface area (Å²) in [5, 5.41) is 1.52. The van der Waals surface area contributed by atoms with E-state index in [1.54, 1.807) is 0 Å². The summed E-state index contributed by atoms with van der Waals surface area (Å²) >= 11 is 0. The molecule has 16 heavy (non-hydrogen) atoms. The van der Waals surface area contributed by atoms with Crippen molar-refractivity contribution in [3.05, 3.63) is 48.5 Å². The van der Waals surface area contributed by atoms with Crippen molar-refractivity contribution in [2.75, 3.05) is 5.73 Å². The van der Waals surface area contributed by atoms with Crippen molar-refractivity contribution in [1.82, 2.24) is 0 Å². The number of nitrogen functional groups attached to an aromatic ring is 1. The van der Waals surface area contributed by atoms with Crippen LogP contribution in [0.4, 0.5) is 5.69 Å². The average Bonchev–Trinajstić information content (AvgIpc) is 2.30. The Morgan fingerprint density at radius 3 is 2.12 bits per heavy atom. The monoisotopic (exact) mass is 227 g/mol. The Balaban J connectivity index is 2.51. The fraction of sp³-hybridized carbons (Fsp3) is 0.143. The third-order valence-corrected chi connectivity index (χ3v) is 4.55. The Hall–Kier alpha value is -1.54. The summed E-state index contributed by atoms with van der Waals surface area (Å²) in [7, 11) is -0.782. The number of hydrogen-bond acceptors (Lipinski definition) is 1. The van der Waals surface area contributed by atoms with Gasteiger partial charge < -0.3 is 5.73 Å². The van der Waals surface area contributed by atoms with E-state index in [4.69, 9.17) is 5.73 Å². The molecule has 0 atom stereocenters. The first-order chi connectivity index (χ1) is 7.68. The predicted octanol–water partition coefficient (Wildman–Crippen LogP) is 2.63. The lowest BCUT2D eigenvalue weighted by Gasteiger charge is -2.12. The molecule has 0 aromatic heterocycles. The first-order valence-electron chi connectivity index (χ1n) is 5.63. The van der Waals surface area contributed by atoms with Crippen molar-refractivity contribution >= 4 is 19.7 Å². The van der Waals surface area contributed by atoms with E-state index in [1.165, 1.54) is 16.3 Å². The summed E-state index contributed by atoms with van der Waals surface area (Å²) < 4.78 is 0. The predicted molar refractivity (Wildman–Crippen MR) is 74.8 cm³/mol. The maximum absolute atomic E-state index is 5.71. The van der Waals surface area contributed by atoms with E-state index >= 15 is 0 Å². The second-order valence-electron chi connectivity index (χ2n) is 4.36. The summed E-state index contributed by atoms with van der Waals surface area (Å²) in [6, 6.07) is 16.8. The smallest absolute Gasteiger partial charge is 0.0655 e. The molecule has 2 N–H and O–H groups in total. The van der Waals surface area contributed by atoms with Crippen LogP contribution in [0.15, 0.2) is 48.5 Å². The lowest BCUT2D eigenvalue weighted by atomic mass is 10.1. The Labute approximate surface area is 98.5 Å². The van der Waals surface area contributed by atoms with Crippen molar-refractivity contribution in [1.29, 1.82) is 0 Å². The first kappa shape index (κ1) is 11.0. The van der Waals surface area contributed by atoms with Gasteiger partial charge in [0.05, 0.1) is 8.80 Å². The lowest BCUT2D eigenvalue weighted by Crippen LogP contribution is -2.24. The minimum absolute atomic E-state index is 0.782. The molecule has 0 radical (unpaired) electrons. The van der Waals surface area contributed by atoms with Crippen LogP contribution in [0.5, 0.6) is 0 Å². The topological polar surface area (TPSA) is 26.0 Å². The summed E-state index contributed by atoms with van der Waals surface area (Å²) in [5.41, 5.74) is 9.17. The molecular weight excluding hydrogens is 210 g/mol. The zero-order valence-electron chi connectivity index (χ0n) is 9.77. The highest BCUT2D eigenvalue weighted by Gasteiger charge is 2.07. The van der Waals surface area contributed by atoms with E-state index < -0.39 is 8.80 Å². The quantitative estimate of drug-likeness (QED) is 0.619. The number of anilines is 1. The second-order valence-corrected chi connectivity index (χ2v) is 7.30. The third-order valence-electron chi connectivity index (χ3n) is 2.80. The Kier molecular flexibility index (Phi) is 3.11. The van der Waals surface area contributed by atoms with Crippen molar-refractivity contribution in [2.24, 2.45) is 0 Å². The fourth-order valence-corrected chi connectivity index (χ4v) is 3.31. The molecule has 0 saturated heterocycles. The van der Waals surface area contributed by atoms with E-state index in [0.29, 0.717) is 0 Å². The molecular formula is C14H17NSi. The molecule has 0 aliphatic heterocycles. The lowest BCUT2D eigenvalue weighted by molar-refractivity contribution is 1.63. The highest BCUT2D eigenvalue weighted by Crippen LogP contribution is 2.19. The fourth-order valence-electron chi connectivity index (χ4n) is 1.93. The number of benzene rings is 2. The summed E-state index contributed by atoms with van der Waals surface area (Å²) in [5.74, 6) is 0. The van der Waals surface area contributed by atoms with Gasteiger partial charge in [0.25, 0.3) is 0 Å². The average molecular weight is 227 g/mol. The molecule has 2 aromatic carbocycles. The Bertz CT molecular complexity index is 474. The van der Waals surface area contributed by atoms with Crippen LogP contribution >= 0.6 is 0 Å². The number of rotatable bonds is 2. The molecule has 0 fully saturated rings. The standard InChI is InChI=1S/C14H17NSi/c1-16(2)14-6-4-3-5-13(14)11-7-9-12(15)10-8-11/h3-10,16H,15H2,1-2H3. The summed E-state index contributed by atoms with van der Waals surface area (Å²) in [4.78, 5) is 0. The van der Waals surface area contributed by atoms with Crippen LogP contribution < -0.4 is 10.9 Å². The maximum Gasteiger partial charge on any atom is 0.0655 e. The van der Waals surface area contributed by atoms with Crippen molar-refractivity contribution in [2.45, 2.75) is 13.1 Å². The summed E-state index contributed by atoms with van der Waals surface area (Å²) in [6.45, 7) is 4.71. The van der Waals surface area contributed by atoms with Gasteiger partial charge in [-0.05, 0) is 23.3 Å². The first-order valence-corrected chi connectivity index (χ1v) is 8.52. The van der Waals surface area contributed by atoms with Crippen molar-refractivity contribution in [3.8, 4) is 11.1 Å². The second kappa shape index (κ2) is 4.54. The van der Waals surface area contributed by atoms with E-state index in [1.807, 2.05) is 12.1 Å². The van der Waals surface area contributed by atoms with Crippen molar-refractivity contribution in [3.63, 3.8) is 0 Å². The molecule has 82 valence electrons. The van der Waals surface area contributed by atoms with Crippen LogP contribution in [0.1, 0.15) is 0 Å². The minimum Gasteiger partial charge on any atom is -0.399 e. The number of nitrogens with two attached hydrogens (primary N) is 1. The zero-order chi connectivity index (χ0) is 11.5. The van der Waals surface area contributed by atoms with Crippen LogP contribution in [0.3, 0.4) is 0 Å². The zero-order valence-corrected chi connectivity index (χ0v) is 10.9. The van der Waals surface area contributed by atoms with Gasteiger partial charge in [-0.2, -0.15) is 0 Å². The molecule has 2 aromatic rings. The van der Waals surface area contributed by atoms with Crippen molar-refractivity contribution < 1.29 is 0 Å².